The number of imidazole rings is 2. The Balaban J connectivity index is 1.38. The van der Waals surface area contributed by atoms with Crippen LogP contribution in [0.2, 0.25) is 5.02 Å². The van der Waals surface area contributed by atoms with E-state index in [-0.39, 0.29) is 11.9 Å². The molecule has 0 fully saturated rings. The average molecular weight is 446 g/mol. The van der Waals surface area contributed by atoms with Crippen molar-refractivity contribution in [3.8, 4) is 0 Å². The van der Waals surface area contributed by atoms with E-state index in [1.807, 2.05) is 54.7 Å². The fourth-order valence-corrected chi connectivity index (χ4v) is 3.85. The zero-order valence-electron chi connectivity index (χ0n) is 17.1. The second-order valence-corrected chi connectivity index (χ2v) is 8.08. The molecule has 0 bridgehead atoms. The van der Waals surface area contributed by atoms with Crippen LogP contribution in [0.3, 0.4) is 0 Å². The molecule has 0 saturated carbocycles. The lowest BCUT2D eigenvalue weighted by Gasteiger charge is -2.17. The van der Waals surface area contributed by atoms with E-state index in [0.717, 1.165) is 39.5 Å². The number of halogens is 2. The number of nitrogens with one attached hydrogen (secondary N) is 3. The Labute approximate surface area is 189 Å². The second-order valence-electron chi connectivity index (χ2n) is 7.65. The van der Waals surface area contributed by atoms with E-state index in [1.54, 1.807) is 12.1 Å². The molecular formula is C25H21ClFN5. The van der Waals surface area contributed by atoms with Crippen LogP contribution in [0.15, 0.2) is 79.0 Å². The lowest BCUT2D eigenvalue weighted by atomic mass is 10.1. The lowest BCUT2D eigenvalue weighted by Crippen LogP contribution is -2.23. The third-order valence-electron chi connectivity index (χ3n) is 5.34. The Bertz CT molecular complexity index is 1290. The number of H-pyrrole nitrogens is 2. The Morgan fingerprint density at radius 3 is 2.50 bits per heavy atom. The van der Waals surface area contributed by atoms with Gasteiger partial charge in [-0.1, -0.05) is 48.0 Å². The molecule has 5 rings (SSSR count). The van der Waals surface area contributed by atoms with Crippen molar-refractivity contribution in [3.05, 3.63) is 118 Å². The molecule has 0 aliphatic rings. The Hall–Kier alpha value is -3.48. The fourth-order valence-electron chi connectivity index (χ4n) is 3.73. The van der Waals surface area contributed by atoms with Crippen molar-refractivity contribution in [1.29, 1.82) is 0 Å². The molecule has 1 unspecified atom stereocenters. The summed E-state index contributed by atoms with van der Waals surface area (Å²) in [6, 6.07) is 21.9. The van der Waals surface area contributed by atoms with Crippen LogP contribution in [0.1, 0.15) is 34.5 Å². The molecule has 160 valence electrons. The van der Waals surface area contributed by atoms with Gasteiger partial charge in [-0.25, -0.2) is 14.4 Å². The Morgan fingerprint density at radius 1 is 0.938 bits per heavy atom. The summed E-state index contributed by atoms with van der Waals surface area (Å²) < 4.78 is 13.2. The first kappa shape index (κ1) is 20.4. The molecule has 0 spiro atoms. The number of fused-ring (bicyclic) bond motifs is 1. The standard InChI is InChI=1S/C25H21ClFN5/c26-18-9-7-17(8-10-18)24(28-14-16-5-11-19(27)12-6-16)25-29-15-20(30-25)13-23-31-21-3-1-2-4-22(21)32-23/h1-12,15,24,28H,13-14H2,(H,29,30)(H,31,32). The number of rotatable bonds is 7. The van der Waals surface area contributed by atoms with Gasteiger partial charge >= 0.3 is 0 Å². The van der Waals surface area contributed by atoms with Crippen molar-refractivity contribution in [1.82, 2.24) is 25.3 Å². The minimum absolute atomic E-state index is 0.179. The molecule has 0 radical (unpaired) electrons. The third-order valence-corrected chi connectivity index (χ3v) is 5.59. The summed E-state index contributed by atoms with van der Waals surface area (Å²) in [7, 11) is 0. The molecule has 5 aromatic rings. The zero-order valence-corrected chi connectivity index (χ0v) is 17.9. The maximum absolute atomic E-state index is 13.2. The van der Waals surface area contributed by atoms with Crippen molar-refractivity contribution in [2.45, 2.75) is 19.0 Å². The number of hydrogen-bond donors (Lipinski definition) is 3. The quantitative estimate of drug-likeness (QED) is 0.307. The first-order valence-corrected chi connectivity index (χ1v) is 10.7. The second kappa shape index (κ2) is 8.94. The minimum atomic E-state index is -0.246. The topological polar surface area (TPSA) is 69.4 Å². The van der Waals surface area contributed by atoms with Gasteiger partial charge in [0.15, 0.2) is 0 Å². The van der Waals surface area contributed by atoms with Crippen LogP contribution >= 0.6 is 11.6 Å². The van der Waals surface area contributed by atoms with Crippen molar-refractivity contribution >= 4 is 22.6 Å². The van der Waals surface area contributed by atoms with Gasteiger partial charge in [0.05, 0.1) is 22.8 Å². The summed E-state index contributed by atoms with van der Waals surface area (Å²) in [5.41, 5.74) is 4.86. The van der Waals surface area contributed by atoms with Gasteiger partial charge < -0.3 is 9.97 Å². The number of para-hydroxylation sites is 2. The van der Waals surface area contributed by atoms with E-state index in [1.165, 1.54) is 12.1 Å². The maximum Gasteiger partial charge on any atom is 0.128 e. The van der Waals surface area contributed by atoms with E-state index in [9.17, 15) is 4.39 Å². The van der Waals surface area contributed by atoms with Crippen LogP contribution in [-0.2, 0) is 13.0 Å². The first-order chi connectivity index (χ1) is 15.6. The Kier molecular flexibility index (Phi) is 5.71. The molecule has 1 atom stereocenters. The first-order valence-electron chi connectivity index (χ1n) is 10.4. The highest BCUT2D eigenvalue weighted by molar-refractivity contribution is 6.30. The molecule has 32 heavy (non-hydrogen) atoms. The monoisotopic (exact) mass is 445 g/mol. The van der Waals surface area contributed by atoms with Gasteiger partial charge in [0.1, 0.15) is 17.5 Å². The van der Waals surface area contributed by atoms with E-state index in [0.29, 0.717) is 18.0 Å². The smallest absolute Gasteiger partial charge is 0.128 e. The number of aromatic amines is 2. The maximum atomic E-state index is 13.2. The summed E-state index contributed by atoms with van der Waals surface area (Å²) in [6.45, 7) is 0.563. The van der Waals surface area contributed by atoms with Crippen molar-refractivity contribution in [3.63, 3.8) is 0 Å². The van der Waals surface area contributed by atoms with Crippen LogP contribution in [0, 0.1) is 5.82 Å². The summed E-state index contributed by atoms with van der Waals surface area (Å²) >= 11 is 6.09. The summed E-state index contributed by atoms with van der Waals surface area (Å²) in [5, 5.41) is 4.20. The molecular weight excluding hydrogens is 425 g/mol. The van der Waals surface area contributed by atoms with Gasteiger partial charge in [-0.2, -0.15) is 0 Å². The molecule has 0 aliphatic carbocycles. The van der Waals surface area contributed by atoms with E-state index < -0.39 is 0 Å². The number of hydrogen-bond acceptors (Lipinski definition) is 3. The van der Waals surface area contributed by atoms with Gasteiger partial charge in [-0.3, -0.25) is 5.32 Å². The predicted octanol–water partition coefficient (Wildman–Crippen LogP) is 5.55. The molecule has 2 aromatic heterocycles. The lowest BCUT2D eigenvalue weighted by molar-refractivity contribution is 0.578. The van der Waals surface area contributed by atoms with Gasteiger partial charge in [-0.05, 0) is 47.5 Å². The van der Waals surface area contributed by atoms with Crippen LogP contribution < -0.4 is 5.32 Å². The van der Waals surface area contributed by atoms with Crippen LogP contribution in [0.5, 0.6) is 0 Å². The number of benzene rings is 3. The van der Waals surface area contributed by atoms with E-state index in [4.69, 9.17) is 16.6 Å². The highest BCUT2D eigenvalue weighted by atomic mass is 35.5. The SMILES string of the molecule is Fc1ccc(CNC(c2ccc(Cl)cc2)c2nc(Cc3nc4ccccc4[nH]3)c[nH]2)cc1. The predicted molar refractivity (Wildman–Crippen MR) is 124 cm³/mol. The third kappa shape index (κ3) is 4.56. The molecule has 3 aromatic carbocycles. The molecule has 2 heterocycles. The van der Waals surface area contributed by atoms with Gasteiger partial charge in [0, 0.05) is 24.2 Å². The fraction of sp³-hybridized carbons (Fsp3) is 0.120. The molecule has 3 N–H and O–H groups in total. The Morgan fingerprint density at radius 2 is 1.72 bits per heavy atom. The minimum Gasteiger partial charge on any atom is -0.347 e. The summed E-state index contributed by atoms with van der Waals surface area (Å²) in [6.07, 6.45) is 2.50. The van der Waals surface area contributed by atoms with Gasteiger partial charge in [0.2, 0.25) is 0 Å². The van der Waals surface area contributed by atoms with Crippen LogP contribution in [0.25, 0.3) is 11.0 Å². The average Bonchev–Trinajstić information content (AvgIpc) is 3.43. The van der Waals surface area contributed by atoms with E-state index in [2.05, 4.69) is 20.3 Å². The molecule has 5 nitrogen and oxygen atoms in total. The molecule has 0 amide bonds. The zero-order chi connectivity index (χ0) is 21.9. The van der Waals surface area contributed by atoms with Crippen LogP contribution in [0.4, 0.5) is 4.39 Å². The van der Waals surface area contributed by atoms with Crippen molar-refractivity contribution in [2.75, 3.05) is 0 Å². The van der Waals surface area contributed by atoms with Gasteiger partial charge in [-0.15, -0.1) is 0 Å². The summed E-state index contributed by atoms with van der Waals surface area (Å²) in [5.74, 6) is 1.41. The molecule has 0 aliphatic heterocycles. The highest BCUT2D eigenvalue weighted by Crippen LogP contribution is 2.23. The van der Waals surface area contributed by atoms with Crippen LogP contribution in [-0.4, -0.2) is 19.9 Å². The highest BCUT2D eigenvalue weighted by Gasteiger charge is 2.18. The van der Waals surface area contributed by atoms with Gasteiger partial charge in [0.25, 0.3) is 0 Å². The molecule has 0 saturated heterocycles. The van der Waals surface area contributed by atoms with Crippen molar-refractivity contribution < 1.29 is 4.39 Å². The summed E-state index contributed by atoms with van der Waals surface area (Å²) in [4.78, 5) is 16.1. The number of nitrogens with zero attached hydrogens (tertiary/aromatic N) is 2. The normalized spacial score (nSPS) is 12.3. The van der Waals surface area contributed by atoms with E-state index >= 15 is 0 Å². The largest absolute Gasteiger partial charge is 0.347 e. The van der Waals surface area contributed by atoms with Crippen molar-refractivity contribution in [2.24, 2.45) is 0 Å². The molecule has 7 heteroatoms. The number of aromatic nitrogens is 4.